The number of nitrogens with two attached hydrogens (primary N) is 1. The first kappa shape index (κ1) is 13.9. The molecule has 0 saturated heterocycles. The minimum atomic E-state index is -0.0944. The number of hydrogen-bond donors (Lipinski definition) is 3. The number of hydrazine groups is 1. The van der Waals surface area contributed by atoms with Crippen molar-refractivity contribution in [3.05, 3.63) is 11.8 Å². The summed E-state index contributed by atoms with van der Waals surface area (Å²) < 4.78 is 0. The number of nitrogens with one attached hydrogen (secondary N) is 2. The van der Waals surface area contributed by atoms with Gasteiger partial charge in [-0.3, -0.25) is 11.2 Å². The summed E-state index contributed by atoms with van der Waals surface area (Å²) >= 11 is 0. The first-order valence-corrected chi connectivity index (χ1v) is 5.42. The fraction of sp³-hybridized carbons (Fsp3) is 0.727. The average Bonchev–Trinajstić information content (AvgIpc) is 2.18. The summed E-state index contributed by atoms with van der Waals surface area (Å²) in [5.74, 6) is 5.56. The quantitative estimate of drug-likeness (QED) is 0.437. The van der Waals surface area contributed by atoms with E-state index in [0.717, 1.165) is 12.8 Å². The highest BCUT2D eigenvalue weighted by atomic mass is 15.2. The summed E-state index contributed by atoms with van der Waals surface area (Å²) in [5.41, 5.74) is 3.73. The monoisotopic (exact) mass is 210 g/mol. The second-order valence-corrected chi connectivity index (χ2v) is 3.95. The summed E-state index contributed by atoms with van der Waals surface area (Å²) in [6.45, 7) is 6.90. The highest BCUT2D eigenvalue weighted by Gasteiger charge is 2.11. The highest BCUT2D eigenvalue weighted by molar-refractivity contribution is 5.05. The van der Waals surface area contributed by atoms with Crippen LogP contribution in [0, 0.1) is 17.2 Å². The van der Waals surface area contributed by atoms with Gasteiger partial charge in [-0.25, -0.2) is 0 Å². The minimum absolute atomic E-state index is 0.0944. The van der Waals surface area contributed by atoms with Gasteiger partial charge in [-0.1, -0.05) is 27.2 Å². The number of hydrogen-bond acceptors (Lipinski definition) is 4. The summed E-state index contributed by atoms with van der Waals surface area (Å²) in [6.07, 6.45) is 3.87. The number of nitriles is 1. The topological polar surface area (TPSA) is 73.9 Å². The molecular formula is C11H22N4. The highest BCUT2D eigenvalue weighted by Crippen LogP contribution is 2.05. The molecule has 0 bridgehead atoms. The van der Waals surface area contributed by atoms with Crippen molar-refractivity contribution in [2.24, 2.45) is 11.8 Å². The lowest BCUT2D eigenvalue weighted by atomic mass is 10.1. The third-order valence-corrected chi connectivity index (χ3v) is 2.21. The largest absolute Gasteiger partial charge is 0.331 e. The maximum atomic E-state index is 8.90. The Morgan fingerprint density at radius 1 is 1.53 bits per heavy atom. The lowest BCUT2D eigenvalue weighted by Gasteiger charge is -2.16. The first-order valence-electron chi connectivity index (χ1n) is 5.42. The third-order valence-electron chi connectivity index (χ3n) is 2.21. The zero-order valence-corrected chi connectivity index (χ0v) is 9.88. The summed E-state index contributed by atoms with van der Waals surface area (Å²) in [5, 5.41) is 12.1. The van der Waals surface area contributed by atoms with Gasteiger partial charge in [0.25, 0.3) is 0 Å². The van der Waals surface area contributed by atoms with E-state index in [1.54, 1.807) is 6.20 Å². The summed E-state index contributed by atoms with van der Waals surface area (Å²) in [4.78, 5) is 0. The van der Waals surface area contributed by atoms with Gasteiger partial charge in [-0.05, 0) is 17.9 Å². The van der Waals surface area contributed by atoms with E-state index in [9.17, 15) is 0 Å². The molecule has 0 aromatic heterocycles. The molecule has 4 nitrogen and oxygen atoms in total. The van der Waals surface area contributed by atoms with Crippen molar-refractivity contribution in [1.82, 2.24) is 10.7 Å². The van der Waals surface area contributed by atoms with E-state index in [1.807, 2.05) is 13.8 Å². The average molecular weight is 210 g/mol. The van der Waals surface area contributed by atoms with Crippen molar-refractivity contribution in [2.45, 2.75) is 39.7 Å². The first-order chi connectivity index (χ1) is 7.15. The Balaban J connectivity index is 4.09. The van der Waals surface area contributed by atoms with Crippen molar-refractivity contribution in [1.29, 1.82) is 5.26 Å². The van der Waals surface area contributed by atoms with Gasteiger partial charge in [0.15, 0.2) is 0 Å². The molecule has 0 aliphatic rings. The SMILES string of the molecule is CCC/C(=C\NN)CNC(C#N)C(C)C. The lowest BCUT2D eigenvalue weighted by Crippen LogP contribution is -2.34. The molecule has 0 radical (unpaired) electrons. The van der Waals surface area contributed by atoms with Gasteiger partial charge in [-0.2, -0.15) is 5.26 Å². The molecular weight excluding hydrogens is 188 g/mol. The van der Waals surface area contributed by atoms with Crippen LogP contribution >= 0.6 is 0 Å². The van der Waals surface area contributed by atoms with E-state index in [1.165, 1.54) is 5.57 Å². The molecule has 1 unspecified atom stereocenters. The maximum Gasteiger partial charge on any atom is 0.0978 e. The Hall–Kier alpha value is -1.05. The van der Waals surface area contributed by atoms with Gasteiger partial charge < -0.3 is 5.43 Å². The van der Waals surface area contributed by atoms with Gasteiger partial charge in [0, 0.05) is 12.7 Å². The van der Waals surface area contributed by atoms with Crippen molar-refractivity contribution >= 4 is 0 Å². The van der Waals surface area contributed by atoms with Crippen LogP contribution in [0.2, 0.25) is 0 Å². The van der Waals surface area contributed by atoms with Gasteiger partial charge >= 0.3 is 0 Å². The lowest BCUT2D eigenvalue weighted by molar-refractivity contribution is 0.485. The van der Waals surface area contributed by atoms with Crippen LogP contribution in [0.5, 0.6) is 0 Å². The van der Waals surface area contributed by atoms with Crippen LogP contribution < -0.4 is 16.6 Å². The molecule has 0 fully saturated rings. The molecule has 86 valence electrons. The van der Waals surface area contributed by atoms with Crippen LogP contribution in [0.4, 0.5) is 0 Å². The van der Waals surface area contributed by atoms with Gasteiger partial charge in [0.2, 0.25) is 0 Å². The van der Waals surface area contributed by atoms with E-state index >= 15 is 0 Å². The third kappa shape index (κ3) is 6.10. The molecule has 0 spiro atoms. The normalized spacial score (nSPS) is 13.7. The van der Waals surface area contributed by atoms with Crippen molar-refractivity contribution in [2.75, 3.05) is 6.54 Å². The van der Waals surface area contributed by atoms with E-state index < -0.39 is 0 Å². The Bertz CT molecular complexity index is 227. The van der Waals surface area contributed by atoms with Gasteiger partial charge in [0.1, 0.15) is 0 Å². The Morgan fingerprint density at radius 2 is 2.20 bits per heavy atom. The van der Waals surface area contributed by atoms with Gasteiger partial charge in [0.05, 0.1) is 12.1 Å². The summed E-state index contributed by atoms with van der Waals surface area (Å²) in [6, 6.07) is 2.16. The van der Waals surface area contributed by atoms with E-state index in [2.05, 4.69) is 23.7 Å². The molecule has 0 rings (SSSR count). The van der Waals surface area contributed by atoms with E-state index in [0.29, 0.717) is 12.5 Å². The van der Waals surface area contributed by atoms with Crippen LogP contribution in [0.1, 0.15) is 33.6 Å². The molecule has 0 aromatic rings. The van der Waals surface area contributed by atoms with Crippen molar-refractivity contribution in [3.8, 4) is 6.07 Å². The Morgan fingerprint density at radius 3 is 2.60 bits per heavy atom. The van der Waals surface area contributed by atoms with Crippen molar-refractivity contribution in [3.63, 3.8) is 0 Å². The molecule has 1 atom stereocenters. The molecule has 0 aliphatic heterocycles. The van der Waals surface area contributed by atoms with Gasteiger partial charge in [-0.15, -0.1) is 0 Å². The zero-order valence-electron chi connectivity index (χ0n) is 9.88. The van der Waals surface area contributed by atoms with Crippen LogP contribution in [-0.4, -0.2) is 12.6 Å². The van der Waals surface area contributed by atoms with Crippen LogP contribution in [0.15, 0.2) is 11.8 Å². The standard InChI is InChI=1S/C11H22N4/c1-4-5-10(8-15-13)7-14-11(6-12)9(2)3/h8-9,11,14-15H,4-5,7,13H2,1-3H3/b10-8+. The molecule has 0 saturated carbocycles. The molecule has 0 aliphatic carbocycles. The predicted molar refractivity (Wildman–Crippen MR) is 62.6 cm³/mol. The van der Waals surface area contributed by atoms with Crippen LogP contribution in [-0.2, 0) is 0 Å². The zero-order chi connectivity index (χ0) is 11.7. The number of nitrogens with zero attached hydrogens (tertiary/aromatic N) is 1. The van der Waals surface area contributed by atoms with Crippen LogP contribution in [0.3, 0.4) is 0 Å². The fourth-order valence-electron chi connectivity index (χ4n) is 1.32. The summed E-state index contributed by atoms with van der Waals surface area (Å²) in [7, 11) is 0. The second-order valence-electron chi connectivity index (χ2n) is 3.95. The second kappa shape index (κ2) is 8.27. The number of rotatable bonds is 7. The maximum absolute atomic E-state index is 8.90. The van der Waals surface area contributed by atoms with Crippen molar-refractivity contribution < 1.29 is 0 Å². The smallest absolute Gasteiger partial charge is 0.0978 e. The fourth-order valence-corrected chi connectivity index (χ4v) is 1.32. The molecule has 4 heteroatoms. The predicted octanol–water partition coefficient (Wildman–Crippen LogP) is 1.27. The Kier molecular flexibility index (Phi) is 7.69. The molecule has 4 N–H and O–H groups in total. The van der Waals surface area contributed by atoms with E-state index in [-0.39, 0.29) is 6.04 Å². The van der Waals surface area contributed by atoms with E-state index in [4.69, 9.17) is 11.1 Å². The molecule has 15 heavy (non-hydrogen) atoms. The molecule has 0 heterocycles. The van der Waals surface area contributed by atoms with Crippen LogP contribution in [0.25, 0.3) is 0 Å². The Labute approximate surface area is 92.5 Å². The molecule has 0 amide bonds. The molecule has 0 aromatic carbocycles. The minimum Gasteiger partial charge on any atom is -0.331 e.